The van der Waals surface area contributed by atoms with Gasteiger partial charge in [-0.05, 0) is 32.0 Å². The molecule has 4 nitrogen and oxygen atoms in total. The van der Waals surface area contributed by atoms with Gasteiger partial charge in [-0.1, -0.05) is 6.92 Å². The summed E-state index contributed by atoms with van der Waals surface area (Å²) >= 11 is 0. The fourth-order valence-corrected chi connectivity index (χ4v) is 2.03. The van der Waals surface area contributed by atoms with Gasteiger partial charge in [0.15, 0.2) is 5.78 Å². The number of rotatable bonds is 4. The molecule has 0 aliphatic heterocycles. The highest BCUT2D eigenvalue weighted by molar-refractivity contribution is 6.00. The van der Waals surface area contributed by atoms with Crippen molar-refractivity contribution >= 4 is 16.7 Å². The molecule has 1 aromatic carbocycles. The average Bonchev–Trinajstić information content (AvgIpc) is 2.75. The van der Waals surface area contributed by atoms with Crippen LogP contribution in [0.25, 0.3) is 10.9 Å². The number of methoxy groups -OCH3 is 1. The molecule has 18 heavy (non-hydrogen) atoms. The lowest BCUT2D eigenvalue weighted by molar-refractivity contribution is 0.0988. The third kappa shape index (κ3) is 1.98. The van der Waals surface area contributed by atoms with Crippen molar-refractivity contribution in [2.24, 2.45) is 0 Å². The Hall–Kier alpha value is -1.84. The molecule has 0 aliphatic carbocycles. The lowest BCUT2D eigenvalue weighted by Crippen LogP contribution is -2.02. The first kappa shape index (κ1) is 12.6. The minimum absolute atomic E-state index is 0.135. The molecule has 2 rings (SSSR count). The van der Waals surface area contributed by atoms with E-state index in [1.54, 1.807) is 7.11 Å². The maximum absolute atomic E-state index is 11.7. The fraction of sp³-hybridized carbons (Fsp3) is 0.429. The van der Waals surface area contributed by atoms with Crippen molar-refractivity contribution in [2.45, 2.75) is 33.2 Å². The van der Waals surface area contributed by atoms with Crippen molar-refractivity contribution in [3.63, 3.8) is 0 Å². The molecule has 2 aromatic rings. The minimum atomic E-state index is 0.135. The van der Waals surface area contributed by atoms with Gasteiger partial charge in [0.25, 0.3) is 0 Å². The number of carbonyl (C=O) groups excluding carboxylic acids is 1. The number of carbonyl (C=O) groups is 1. The van der Waals surface area contributed by atoms with Crippen LogP contribution in [-0.2, 0) is 0 Å². The topological polar surface area (TPSA) is 44.1 Å². The summed E-state index contributed by atoms with van der Waals surface area (Å²) in [7, 11) is 1.60. The smallest absolute Gasteiger partial charge is 0.240 e. The number of ketones is 1. The van der Waals surface area contributed by atoms with Crippen LogP contribution in [0.3, 0.4) is 0 Å². The molecule has 0 N–H and O–H groups in total. The Labute approximate surface area is 107 Å². The number of aromatic nitrogens is 2. The van der Waals surface area contributed by atoms with E-state index in [9.17, 15) is 4.79 Å². The molecule has 0 radical (unpaired) electrons. The summed E-state index contributed by atoms with van der Waals surface area (Å²) in [6.45, 7) is 6.00. The van der Waals surface area contributed by atoms with Crippen LogP contribution in [-0.4, -0.2) is 22.7 Å². The van der Waals surface area contributed by atoms with Gasteiger partial charge in [-0.3, -0.25) is 9.48 Å². The Morgan fingerprint density at radius 1 is 1.44 bits per heavy atom. The first-order valence-corrected chi connectivity index (χ1v) is 6.18. The van der Waals surface area contributed by atoms with E-state index in [-0.39, 0.29) is 11.8 Å². The number of hydrogen-bond donors (Lipinski definition) is 0. The normalized spacial score (nSPS) is 11.2. The summed E-state index contributed by atoms with van der Waals surface area (Å²) in [6.07, 6.45) is 0.506. The molecule has 0 spiro atoms. The van der Waals surface area contributed by atoms with Gasteiger partial charge < -0.3 is 4.74 Å². The molecule has 0 unspecified atom stereocenters. The Morgan fingerprint density at radius 3 is 2.72 bits per heavy atom. The SMILES string of the molecule is CCC(=O)c1ccc2c(c1)c(OC)nn2C(C)C. The van der Waals surface area contributed by atoms with Gasteiger partial charge >= 0.3 is 0 Å². The number of nitrogens with zero attached hydrogens (tertiary/aromatic N) is 2. The lowest BCUT2D eigenvalue weighted by Gasteiger charge is -2.06. The van der Waals surface area contributed by atoms with E-state index in [2.05, 4.69) is 18.9 Å². The standard InChI is InChI=1S/C14H18N2O2/c1-5-13(17)10-6-7-12-11(8-10)14(18-4)15-16(12)9(2)3/h6-9H,5H2,1-4H3. The van der Waals surface area contributed by atoms with Crippen molar-refractivity contribution < 1.29 is 9.53 Å². The summed E-state index contributed by atoms with van der Waals surface area (Å²) in [6, 6.07) is 5.91. The molecular formula is C14H18N2O2. The second kappa shape index (κ2) is 4.80. The first-order chi connectivity index (χ1) is 8.58. The van der Waals surface area contributed by atoms with E-state index in [1.165, 1.54) is 0 Å². The largest absolute Gasteiger partial charge is 0.479 e. The van der Waals surface area contributed by atoms with E-state index in [1.807, 2.05) is 29.8 Å². The summed E-state index contributed by atoms with van der Waals surface area (Å²) in [5.41, 5.74) is 1.71. The summed E-state index contributed by atoms with van der Waals surface area (Å²) in [5, 5.41) is 5.31. The molecule has 1 aromatic heterocycles. The van der Waals surface area contributed by atoms with Gasteiger partial charge in [0.05, 0.1) is 18.0 Å². The van der Waals surface area contributed by atoms with E-state index in [4.69, 9.17) is 4.74 Å². The molecule has 0 aliphatic rings. The van der Waals surface area contributed by atoms with Gasteiger partial charge in [0, 0.05) is 18.0 Å². The summed E-state index contributed by atoms with van der Waals surface area (Å²) in [4.78, 5) is 11.7. The zero-order valence-corrected chi connectivity index (χ0v) is 11.2. The van der Waals surface area contributed by atoms with Crippen LogP contribution in [0, 0.1) is 0 Å². The molecular weight excluding hydrogens is 228 g/mol. The lowest BCUT2D eigenvalue weighted by atomic mass is 10.1. The van der Waals surface area contributed by atoms with E-state index in [0.29, 0.717) is 17.9 Å². The fourth-order valence-electron chi connectivity index (χ4n) is 2.03. The summed E-state index contributed by atoms with van der Waals surface area (Å²) < 4.78 is 7.19. The zero-order valence-electron chi connectivity index (χ0n) is 11.2. The van der Waals surface area contributed by atoms with Crippen LogP contribution in [0.1, 0.15) is 43.6 Å². The maximum Gasteiger partial charge on any atom is 0.240 e. The van der Waals surface area contributed by atoms with Gasteiger partial charge in [0.1, 0.15) is 0 Å². The molecule has 4 heteroatoms. The quantitative estimate of drug-likeness (QED) is 0.778. The summed E-state index contributed by atoms with van der Waals surface area (Å²) in [5.74, 6) is 0.709. The second-order valence-corrected chi connectivity index (χ2v) is 4.56. The molecule has 0 saturated heterocycles. The highest BCUT2D eigenvalue weighted by atomic mass is 16.5. The molecule has 0 saturated carbocycles. The number of fused-ring (bicyclic) bond motifs is 1. The first-order valence-electron chi connectivity index (χ1n) is 6.18. The number of ether oxygens (including phenoxy) is 1. The highest BCUT2D eigenvalue weighted by Crippen LogP contribution is 2.28. The van der Waals surface area contributed by atoms with Gasteiger partial charge in [-0.25, -0.2) is 0 Å². The van der Waals surface area contributed by atoms with Crippen LogP contribution in [0.5, 0.6) is 5.88 Å². The Bertz CT molecular complexity index is 585. The number of Topliss-reactive ketones (excluding diaryl/α,β-unsaturated/α-hetero) is 1. The monoisotopic (exact) mass is 246 g/mol. The third-order valence-corrected chi connectivity index (χ3v) is 3.00. The van der Waals surface area contributed by atoms with Gasteiger partial charge in [0.2, 0.25) is 5.88 Å². The van der Waals surface area contributed by atoms with Crippen LogP contribution in [0.15, 0.2) is 18.2 Å². The van der Waals surface area contributed by atoms with Crippen LogP contribution < -0.4 is 4.74 Å². The van der Waals surface area contributed by atoms with Crippen molar-refractivity contribution in [3.8, 4) is 5.88 Å². The van der Waals surface area contributed by atoms with E-state index >= 15 is 0 Å². The predicted molar refractivity (Wildman–Crippen MR) is 71.3 cm³/mol. The van der Waals surface area contributed by atoms with Crippen LogP contribution in [0.4, 0.5) is 0 Å². The maximum atomic E-state index is 11.7. The van der Waals surface area contributed by atoms with Crippen LogP contribution in [0.2, 0.25) is 0 Å². The Balaban J connectivity index is 2.65. The van der Waals surface area contributed by atoms with Crippen LogP contribution >= 0.6 is 0 Å². The van der Waals surface area contributed by atoms with Crippen molar-refractivity contribution in [2.75, 3.05) is 7.11 Å². The predicted octanol–water partition coefficient (Wildman–Crippen LogP) is 3.22. The Morgan fingerprint density at radius 2 is 2.17 bits per heavy atom. The molecule has 0 fully saturated rings. The van der Waals surface area contributed by atoms with Crippen molar-refractivity contribution in [1.29, 1.82) is 0 Å². The zero-order chi connectivity index (χ0) is 13.3. The van der Waals surface area contributed by atoms with Crippen molar-refractivity contribution in [1.82, 2.24) is 9.78 Å². The van der Waals surface area contributed by atoms with E-state index < -0.39 is 0 Å². The minimum Gasteiger partial charge on any atom is -0.479 e. The van der Waals surface area contributed by atoms with Gasteiger partial charge in [-0.2, -0.15) is 0 Å². The van der Waals surface area contributed by atoms with Crippen molar-refractivity contribution in [3.05, 3.63) is 23.8 Å². The third-order valence-electron chi connectivity index (χ3n) is 3.00. The molecule has 0 amide bonds. The molecule has 96 valence electrons. The number of benzene rings is 1. The average molecular weight is 246 g/mol. The molecule has 0 atom stereocenters. The number of hydrogen-bond acceptors (Lipinski definition) is 3. The van der Waals surface area contributed by atoms with E-state index in [0.717, 1.165) is 10.9 Å². The second-order valence-electron chi connectivity index (χ2n) is 4.56. The highest BCUT2D eigenvalue weighted by Gasteiger charge is 2.14. The van der Waals surface area contributed by atoms with Gasteiger partial charge in [-0.15, -0.1) is 5.10 Å². The molecule has 1 heterocycles. The molecule has 0 bridgehead atoms. The Kier molecular flexibility index (Phi) is 3.36.